The van der Waals surface area contributed by atoms with Crippen LogP contribution < -0.4 is 5.43 Å². The van der Waals surface area contributed by atoms with Crippen LogP contribution in [0.1, 0.15) is 29.4 Å². The van der Waals surface area contributed by atoms with Crippen molar-refractivity contribution in [1.82, 2.24) is 9.88 Å². The lowest BCUT2D eigenvalue weighted by Gasteiger charge is -2.16. The lowest BCUT2D eigenvalue weighted by Crippen LogP contribution is -2.32. The first kappa shape index (κ1) is 14.9. The van der Waals surface area contributed by atoms with E-state index in [-0.39, 0.29) is 29.9 Å². The van der Waals surface area contributed by atoms with Gasteiger partial charge in [0.15, 0.2) is 5.43 Å². The van der Waals surface area contributed by atoms with E-state index < -0.39 is 5.91 Å². The molecule has 104 valence electrons. The van der Waals surface area contributed by atoms with Crippen LogP contribution in [0.4, 0.5) is 0 Å². The van der Waals surface area contributed by atoms with Crippen molar-refractivity contribution in [1.29, 1.82) is 0 Å². The molecule has 0 aliphatic heterocycles. The van der Waals surface area contributed by atoms with Gasteiger partial charge in [0.2, 0.25) is 0 Å². The van der Waals surface area contributed by atoms with E-state index in [4.69, 9.17) is 4.74 Å². The van der Waals surface area contributed by atoms with Gasteiger partial charge in [-0.2, -0.15) is 0 Å². The van der Waals surface area contributed by atoms with E-state index in [9.17, 15) is 14.4 Å². The van der Waals surface area contributed by atoms with Crippen LogP contribution in [-0.2, 0) is 9.53 Å². The first-order valence-corrected chi connectivity index (χ1v) is 6.06. The molecule has 1 N–H and O–H groups in total. The number of hydrogen-bond donors (Lipinski definition) is 1. The minimum atomic E-state index is -0.412. The van der Waals surface area contributed by atoms with Crippen molar-refractivity contribution in [2.75, 3.05) is 20.2 Å². The number of nitrogens with one attached hydrogen (secondary N) is 1. The van der Waals surface area contributed by atoms with E-state index in [1.807, 2.05) is 0 Å². The van der Waals surface area contributed by atoms with Crippen LogP contribution >= 0.6 is 0 Å². The zero-order valence-electron chi connectivity index (χ0n) is 11.4. The van der Waals surface area contributed by atoms with E-state index >= 15 is 0 Å². The van der Waals surface area contributed by atoms with Crippen LogP contribution in [0.15, 0.2) is 17.1 Å². The van der Waals surface area contributed by atoms with Gasteiger partial charge >= 0.3 is 5.97 Å². The Morgan fingerprint density at radius 1 is 1.42 bits per heavy atom. The average molecular weight is 266 g/mol. The molecule has 0 spiro atoms. The molecule has 1 heterocycles. The van der Waals surface area contributed by atoms with Crippen molar-refractivity contribution >= 4 is 11.9 Å². The minimum absolute atomic E-state index is 0.0666. The number of pyridine rings is 1. The third-order valence-electron chi connectivity index (χ3n) is 2.59. The molecule has 0 atom stereocenters. The Morgan fingerprint density at radius 3 is 2.68 bits per heavy atom. The summed E-state index contributed by atoms with van der Waals surface area (Å²) >= 11 is 0. The number of esters is 1. The summed E-state index contributed by atoms with van der Waals surface area (Å²) in [6, 6.07) is 1.37. The Kier molecular flexibility index (Phi) is 5.29. The van der Waals surface area contributed by atoms with Crippen molar-refractivity contribution in [3.05, 3.63) is 33.7 Å². The topological polar surface area (TPSA) is 79.5 Å². The van der Waals surface area contributed by atoms with Crippen molar-refractivity contribution in [2.24, 2.45) is 0 Å². The van der Waals surface area contributed by atoms with Gasteiger partial charge in [0.05, 0.1) is 13.0 Å². The second-order valence-corrected chi connectivity index (χ2v) is 4.18. The zero-order valence-corrected chi connectivity index (χ0v) is 11.4. The van der Waals surface area contributed by atoms with Crippen molar-refractivity contribution in [3.63, 3.8) is 0 Å². The molecule has 1 aromatic heterocycles. The first-order chi connectivity index (χ1) is 8.95. The highest BCUT2D eigenvalue weighted by Gasteiger charge is 2.16. The van der Waals surface area contributed by atoms with Crippen LogP contribution in [0.25, 0.3) is 0 Å². The lowest BCUT2D eigenvalue weighted by atomic mass is 10.2. The van der Waals surface area contributed by atoms with Crippen LogP contribution in [0.3, 0.4) is 0 Å². The Bertz CT molecular complexity index is 522. The summed E-state index contributed by atoms with van der Waals surface area (Å²) in [5.74, 6) is -0.773. The molecule has 0 saturated carbocycles. The quantitative estimate of drug-likeness (QED) is 0.796. The molecule has 0 fully saturated rings. The largest absolute Gasteiger partial charge is 0.466 e. The first-order valence-electron chi connectivity index (χ1n) is 6.06. The maximum Gasteiger partial charge on any atom is 0.307 e. The van der Waals surface area contributed by atoms with E-state index in [2.05, 4.69) is 4.98 Å². The van der Waals surface area contributed by atoms with Crippen LogP contribution in [0, 0.1) is 6.92 Å². The Balaban J connectivity index is 2.67. The molecule has 0 saturated heterocycles. The van der Waals surface area contributed by atoms with E-state index in [0.29, 0.717) is 12.3 Å². The van der Waals surface area contributed by atoms with Crippen LogP contribution in [-0.4, -0.2) is 42.0 Å². The monoisotopic (exact) mass is 266 g/mol. The summed E-state index contributed by atoms with van der Waals surface area (Å²) in [5, 5.41) is 0. The number of aryl methyl sites for hydroxylation is 1. The molecule has 0 unspecified atom stereocenters. The van der Waals surface area contributed by atoms with E-state index in [0.717, 1.165) is 0 Å². The Hall–Kier alpha value is -2.11. The van der Waals surface area contributed by atoms with E-state index in [1.165, 1.54) is 17.2 Å². The lowest BCUT2D eigenvalue weighted by molar-refractivity contribution is -0.143. The van der Waals surface area contributed by atoms with Crippen molar-refractivity contribution in [2.45, 2.75) is 20.3 Å². The molecule has 6 heteroatoms. The Labute approximate surface area is 111 Å². The highest BCUT2D eigenvalue weighted by molar-refractivity contribution is 5.93. The number of H-pyrrole nitrogens is 1. The molecule has 0 aliphatic rings. The summed E-state index contributed by atoms with van der Waals surface area (Å²) in [6.07, 6.45) is 1.50. The van der Waals surface area contributed by atoms with Gasteiger partial charge in [0.25, 0.3) is 5.91 Å². The van der Waals surface area contributed by atoms with Gasteiger partial charge in [0.1, 0.15) is 5.56 Å². The molecule has 6 nitrogen and oxygen atoms in total. The van der Waals surface area contributed by atoms with Gasteiger partial charge in [0, 0.05) is 31.5 Å². The second-order valence-electron chi connectivity index (χ2n) is 4.18. The molecule has 1 aromatic rings. The predicted molar refractivity (Wildman–Crippen MR) is 70.0 cm³/mol. The van der Waals surface area contributed by atoms with Crippen LogP contribution in [0.2, 0.25) is 0 Å². The summed E-state index contributed by atoms with van der Waals surface area (Å²) < 4.78 is 4.77. The van der Waals surface area contributed by atoms with Gasteiger partial charge in [-0.15, -0.1) is 0 Å². The molecule has 0 bridgehead atoms. The normalized spacial score (nSPS) is 10.1. The fraction of sp³-hybridized carbons (Fsp3) is 0.462. The van der Waals surface area contributed by atoms with Gasteiger partial charge < -0.3 is 14.6 Å². The number of carbonyl (C=O) groups excluding carboxylic acids is 2. The molecule has 0 radical (unpaired) electrons. The summed E-state index contributed by atoms with van der Waals surface area (Å²) in [4.78, 5) is 39.0. The Morgan fingerprint density at radius 2 is 2.11 bits per heavy atom. The molecular formula is C13H18N2O4. The number of nitrogens with zero attached hydrogens (tertiary/aromatic N) is 1. The molecular weight excluding hydrogens is 248 g/mol. The van der Waals surface area contributed by atoms with Crippen LogP contribution in [0.5, 0.6) is 0 Å². The van der Waals surface area contributed by atoms with Gasteiger partial charge in [-0.05, 0) is 13.8 Å². The number of carbonyl (C=O) groups is 2. The molecule has 0 aliphatic carbocycles. The molecule has 19 heavy (non-hydrogen) atoms. The maximum absolute atomic E-state index is 12.0. The number of hydrogen-bond acceptors (Lipinski definition) is 4. The number of ether oxygens (including phenoxy) is 1. The molecule has 1 amide bonds. The number of aromatic nitrogens is 1. The third kappa shape index (κ3) is 4.24. The molecule has 1 rings (SSSR count). The van der Waals surface area contributed by atoms with Gasteiger partial charge in [-0.25, -0.2) is 0 Å². The maximum atomic E-state index is 12.0. The van der Waals surface area contributed by atoms with E-state index in [1.54, 1.807) is 20.9 Å². The summed E-state index contributed by atoms with van der Waals surface area (Å²) in [6.45, 7) is 3.98. The predicted octanol–water partition coefficient (Wildman–Crippen LogP) is 0.709. The average Bonchev–Trinajstić information content (AvgIpc) is 2.35. The fourth-order valence-electron chi connectivity index (χ4n) is 1.54. The highest BCUT2D eigenvalue weighted by atomic mass is 16.5. The van der Waals surface area contributed by atoms with Crippen molar-refractivity contribution in [3.8, 4) is 0 Å². The SMILES string of the molecule is CCOC(=O)CCN(C)C(=O)c1c[nH]c(C)cc1=O. The number of amides is 1. The molecule has 0 aromatic carbocycles. The van der Waals surface area contributed by atoms with Gasteiger partial charge in [-0.1, -0.05) is 0 Å². The number of aromatic amines is 1. The standard InChI is InChI=1S/C13H18N2O4/c1-4-19-12(17)5-6-15(3)13(18)10-8-14-9(2)7-11(10)16/h7-8H,4-6H2,1-3H3,(H,14,16). The minimum Gasteiger partial charge on any atom is -0.466 e. The third-order valence-corrected chi connectivity index (χ3v) is 2.59. The highest BCUT2D eigenvalue weighted by Crippen LogP contribution is 2.00. The smallest absolute Gasteiger partial charge is 0.307 e. The summed E-state index contributed by atoms with van der Waals surface area (Å²) in [5.41, 5.74) is 0.428. The number of rotatable bonds is 5. The van der Waals surface area contributed by atoms with Crippen molar-refractivity contribution < 1.29 is 14.3 Å². The van der Waals surface area contributed by atoms with Gasteiger partial charge in [-0.3, -0.25) is 14.4 Å². The fourth-order valence-corrected chi connectivity index (χ4v) is 1.54. The second kappa shape index (κ2) is 6.72. The zero-order chi connectivity index (χ0) is 14.4. The summed E-state index contributed by atoms with van der Waals surface area (Å²) in [7, 11) is 1.54.